The van der Waals surface area contributed by atoms with Crippen LogP contribution in [0.15, 0.2) is 133 Å². The van der Waals surface area contributed by atoms with Gasteiger partial charge in [-0.05, 0) is 102 Å². The SMILES string of the molecule is O=S(=O)(Oc1ccc(C23CC4CC(C2)CC(c2ccc(-c5cccc(-c6nc(-c7ccccc7)nc(-c7ccccc7)n6)c5)cc2)(C4)C3)cc1)C(F)(F)F. The van der Waals surface area contributed by atoms with Crippen LogP contribution in [0.5, 0.6) is 5.75 Å². The lowest BCUT2D eigenvalue weighted by Gasteiger charge is -2.62. The molecule has 4 bridgehead atoms. The highest BCUT2D eigenvalue weighted by atomic mass is 32.2. The van der Waals surface area contributed by atoms with Gasteiger partial charge in [0.1, 0.15) is 5.75 Å². The van der Waals surface area contributed by atoms with Crippen molar-refractivity contribution < 1.29 is 25.8 Å². The smallest absolute Gasteiger partial charge is 0.376 e. The minimum atomic E-state index is -5.73. The van der Waals surface area contributed by atoms with Crippen LogP contribution in [0, 0.1) is 11.8 Å². The number of aromatic nitrogens is 3. The third-order valence-electron chi connectivity index (χ3n) is 11.7. The third-order valence-corrected chi connectivity index (χ3v) is 12.6. The summed E-state index contributed by atoms with van der Waals surface area (Å²) in [6.07, 6.45) is 6.39. The van der Waals surface area contributed by atoms with Crippen molar-refractivity contribution in [1.29, 1.82) is 0 Å². The molecule has 2 unspecified atom stereocenters. The number of rotatable bonds is 8. The molecule has 0 N–H and O–H groups in total. The Labute approximate surface area is 312 Å². The number of benzene rings is 5. The van der Waals surface area contributed by atoms with E-state index in [1.54, 1.807) is 12.1 Å². The quantitative estimate of drug-likeness (QED) is 0.114. The second kappa shape index (κ2) is 12.9. The van der Waals surface area contributed by atoms with E-state index in [1.165, 1.54) is 24.1 Å². The highest BCUT2D eigenvalue weighted by Gasteiger charge is 2.58. The summed E-state index contributed by atoms with van der Waals surface area (Å²) < 4.78 is 66.4. The lowest BCUT2D eigenvalue weighted by Crippen LogP contribution is -2.55. The van der Waals surface area contributed by atoms with Gasteiger partial charge in [0.25, 0.3) is 0 Å². The van der Waals surface area contributed by atoms with E-state index in [9.17, 15) is 21.6 Å². The van der Waals surface area contributed by atoms with E-state index in [0.717, 1.165) is 65.5 Å². The largest absolute Gasteiger partial charge is 0.534 e. The van der Waals surface area contributed by atoms with Crippen LogP contribution in [-0.4, -0.2) is 28.9 Å². The van der Waals surface area contributed by atoms with Crippen LogP contribution in [0.25, 0.3) is 45.3 Å². The van der Waals surface area contributed by atoms with Gasteiger partial charge in [-0.15, -0.1) is 0 Å². The summed E-state index contributed by atoms with van der Waals surface area (Å²) in [6.45, 7) is 0. The average molecular weight is 744 g/mol. The number of alkyl halides is 3. The molecule has 1 aromatic heterocycles. The van der Waals surface area contributed by atoms with Gasteiger partial charge in [0.05, 0.1) is 0 Å². The van der Waals surface area contributed by atoms with Gasteiger partial charge < -0.3 is 4.18 Å². The van der Waals surface area contributed by atoms with Gasteiger partial charge in [-0.2, -0.15) is 21.6 Å². The zero-order valence-electron chi connectivity index (χ0n) is 29.2. The van der Waals surface area contributed by atoms with Crippen molar-refractivity contribution in [2.75, 3.05) is 0 Å². The molecule has 10 rings (SSSR count). The van der Waals surface area contributed by atoms with Crippen molar-refractivity contribution >= 4 is 10.1 Å². The highest BCUT2D eigenvalue weighted by Crippen LogP contribution is 2.66. The Morgan fingerprint density at radius 3 is 1.48 bits per heavy atom. The van der Waals surface area contributed by atoms with Crippen LogP contribution in [0.1, 0.15) is 49.7 Å². The maximum absolute atomic E-state index is 12.9. The molecule has 54 heavy (non-hydrogen) atoms. The first-order valence-corrected chi connectivity index (χ1v) is 19.6. The predicted octanol–water partition coefficient (Wildman–Crippen LogP) is 10.6. The second-order valence-electron chi connectivity index (χ2n) is 15.2. The fourth-order valence-electron chi connectivity index (χ4n) is 9.77. The number of hydrogen-bond acceptors (Lipinski definition) is 6. The Hall–Kier alpha value is -5.35. The number of halogens is 3. The zero-order valence-corrected chi connectivity index (χ0v) is 30.0. The lowest BCUT2D eigenvalue weighted by atomic mass is 9.42. The first kappa shape index (κ1) is 34.4. The summed E-state index contributed by atoms with van der Waals surface area (Å²) in [5, 5.41) is 0. The third kappa shape index (κ3) is 6.26. The first-order valence-electron chi connectivity index (χ1n) is 18.2. The fraction of sp³-hybridized carbons (Fsp3) is 0.250. The monoisotopic (exact) mass is 743 g/mol. The van der Waals surface area contributed by atoms with Crippen molar-refractivity contribution in [3.63, 3.8) is 0 Å². The molecular weight excluding hydrogens is 708 g/mol. The minimum Gasteiger partial charge on any atom is -0.376 e. The van der Waals surface area contributed by atoms with Crippen molar-refractivity contribution in [3.8, 4) is 51.0 Å². The Balaban J connectivity index is 1.00. The Kier molecular flexibility index (Phi) is 8.22. The lowest BCUT2D eigenvalue weighted by molar-refractivity contribution is -0.0500. The summed E-state index contributed by atoms with van der Waals surface area (Å²) in [6, 6.07) is 43.3. The van der Waals surface area contributed by atoms with Gasteiger partial charge in [-0.25, -0.2) is 15.0 Å². The van der Waals surface area contributed by atoms with Gasteiger partial charge in [0.15, 0.2) is 17.5 Å². The van der Waals surface area contributed by atoms with E-state index in [1.807, 2.05) is 72.8 Å². The van der Waals surface area contributed by atoms with E-state index >= 15 is 0 Å². The normalized spacial score (nSPS) is 23.3. The van der Waals surface area contributed by atoms with Crippen molar-refractivity contribution in [2.24, 2.45) is 11.8 Å². The molecule has 1 heterocycles. The Morgan fingerprint density at radius 2 is 0.981 bits per heavy atom. The molecule has 6 aromatic rings. The maximum atomic E-state index is 12.9. The Morgan fingerprint density at radius 1 is 0.537 bits per heavy atom. The van der Waals surface area contributed by atoms with Crippen LogP contribution in [0.2, 0.25) is 0 Å². The predicted molar refractivity (Wildman–Crippen MR) is 202 cm³/mol. The topological polar surface area (TPSA) is 82.0 Å². The first-order chi connectivity index (χ1) is 26.0. The van der Waals surface area contributed by atoms with E-state index < -0.39 is 15.6 Å². The second-order valence-corrected chi connectivity index (χ2v) is 16.8. The van der Waals surface area contributed by atoms with Gasteiger partial charge in [-0.1, -0.05) is 115 Å². The molecule has 0 amide bonds. The zero-order chi connectivity index (χ0) is 37.1. The number of hydrogen-bond donors (Lipinski definition) is 0. The van der Waals surface area contributed by atoms with Gasteiger partial charge in [-0.3, -0.25) is 0 Å². The molecule has 0 aliphatic heterocycles. The van der Waals surface area contributed by atoms with E-state index in [-0.39, 0.29) is 16.6 Å². The molecule has 272 valence electrons. The highest BCUT2D eigenvalue weighted by molar-refractivity contribution is 7.88. The summed E-state index contributed by atoms with van der Waals surface area (Å²) in [5.74, 6) is 2.58. The maximum Gasteiger partial charge on any atom is 0.534 e. The molecule has 4 saturated carbocycles. The minimum absolute atomic E-state index is 0.00812. The van der Waals surface area contributed by atoms with Crippen LogP contribution >= 0.6 is 0 Å². The summed E-state index contributed by atoms with van der Waals surface area (Å²) in [7, 11) is -5.73. The summed E-state index contributed by atoms with van der Waals surface area (Å²) in [5.41, 5.74) is 1.60. The van der Waals surface area contributed by atoms with Crippen LogP contribution in [-0.2, 0) is 20.9 Å². The van der Waals surface area contributed by atoms with Crippen molar-refractivity contribution in [3.05, 3.63) is 145 Å². The average Bonchev–Trinajstić information content (AvgIpc) is 3.18. The van der Waals surface area contributed by atoms with Crippen LogP contribution < -0.4 is 4.18 Å². The van der Waals surface area contributed by atoms with Crippen molar-refractivity contribution in [1.82, 2.24) is 15.0 Å². The van der Waals surface area contributed by atoms with Gasteiger partial charge in [0.2, 0.25) is 0 Å². The molecule has 4 aliphatic carbocycles. The molecule has 0 spiro atoms. The van der Waals surface area contributed by atoms with Crippen LogP contribution in [0.3, 0.4) is 0 Å². The molecule has 4 fully saturated rings. The number of nitrogens with zero attached hydrogens (tertiary/aromatic N) is 3. The Bertz CT molecular complexity index is 2370. The fourth-order valence-corrected chi connectivity index (χ4v) is 10.2. The molecular formula is C44H36F3N3O3S. The molecule has 6 nitrogen and oxygen atoms in total. The van der Waals surface area contributed by atoms with E-state index in [4.69, 9.17) is 15.0 Å². The summed E-state index contributed by atoms with van der Waals surface area (Å²) >= 11 is 0. The molecule has 10 heteroatoms. The van der Waals surface area contributed by atoms with Gasteiger partial charge >= 0.3 is 15.6 Å². The molecule has 2 atom stereocenters. The van der Waals surface area contributed by atoms with E-state index in [2.05, 4.69) is 40.6 Å². The standard InChI is InChI=1S/C44H36F3N3O3S/c45-44(46,47)54(51,52)53-38-20-18-37(19-21-38)43-26-29-22-30(27-43)25-42(24-29,28-43)36-16-14-31(15-17-36)34-12-7-13-35(23-34)41-49-39(32-8-3-1-4-9-32)48-40(50-41)33-10-5-2-6-11-33/h1-21,23,29-30H,22,24-28H2. The van der Waals surface area contributed by atoms with E-state index in [0.29, 0.717) is 29.3 Å². The molecule has 4 aliphatic rings. The molecule has 0 saturated heterocycles. The van der Waals surface area contributed by atoms with Crippen molar-refractivity contribution in [2.45, 2.75) is 54.9 Å². The summed E-state index contributed by atoms with van der Waals surface area (Å²) in [4.78, 5) is 14.7. The van der Waals surface area contributed by atoms with Crippen LogP contribution in [0.4, 0.5) is 13.2 Å². The molecule has 0 radical (unpaired) electrons. The molecule has 5 aromatic carbocycles. The van der Waals surface area contributed by atoms with Gasteiger partial charge in [0, 0.05) is 16.7 Å².